The second-order valence-electron chi connectivity index (χ2n) is 7.57. The first kappa shape index (κ1) is 18.2. The summed E-state index contributed by atoms with van der Waals surface area (Å²) in [5.74, 6) is -0.182. The SMILES string of the molecule is CC(C)c1ccc(N2C(=O)N[C@@H]3CCN(C(=O)c4ccccc4)[C@H]3C2=O)cc1. The van der Waals surface area contributed by atoms with Crippen molar-refractivity contribution in [3.63, 3.8) is 0 Å². The van der Waals surface area contributed by atoms with Gasteiger partial charge >= 0.3 is 6.03 Å². The molecule has 0 bridgehead atoms. The molecule has 1 N–H and O–H groups in total. The number of likely N-dealkylation sites (tertiary alicyclic amines) is 1. The van der Waals surface area contributed by atoms with Crippen LogP contribution in [0.3, 0.4) is 0 Å². The smallest absolute Gasteiger partial charge is 0.329 e. The lowest BCUT2D eigenvalue weighted by Gasteiger charge is -2.37. The van der Waals surface area contributed by atoms with Crippen LogP contribution in [0, 0.1) is 0 Å². The number of anilines is 1. The number of amides is 4. The Labute approximate surface area is 164 Å². The summed E-state index contributed by atoms with van der Waals surface area (Å²) in [6, 6.07) is 14.9. The average Bonchev–Trinajstić information content (AvgIpc) is 3.12. The minimum Gasteiger partial charge on any atom is -0.332 e. The maximum atomic E-state index is 13.3. The topological polar surface area (TPSA) is 69.7 Å². The first-order valence-corrected chi connectivity index (χ1v) is 9.58. The Hall–Kier alpha value is -3.15. The van der Waals surface area contributed by atoms with Crippen molar-refractivity contribution >= 4 is 23.5 Å². The minimum atomic E-state index is -0.685. The van der Waals surface area contributed by atoms with Crippen LogP contribution in [0.25, 0.3) is 0 Å². The Kier molecular flexibility index (Phi) is 4.63. The molecule has 2 aliphatic rings. The van der Waals surface area contributed by atoms with Crippen LogP contribution in [0.2, 0.25) is 0 Å². The van der Waals surface area contributed by atoms with Crippen LogP contribution in [-0.2, 0) is 4.79 Å². The molecule has 0 aliphatic carbocycles. The number of benzene rings is 2. The standard InChI is InChI=1S/C22H23N3O3/c1-14(2)15-8-10-17(11-9-15)25-21(27)19-18(23-22(25)28)12-13-24(19)20(26)16-6-4-3-5-7-16/h3-11,14,18-19H,12-13H2,1-2H3,(H,23,28)/t18-,19-/m1/s1. The predicted octanol–water partition coefficient (Wildman–Crippen LogP) is 3.15. The summed E-state index contributed by atoms with van der Waals surface area (Å²) in [6.07, 6.45) is 0.570. The summed E-state index contributed by atoms with van der Waals surface area (Å²) in [6.45, 7) is 4.61. The zero-order chi connectivity index (χ0) is 19.8. The van der Waals surface area contributed by atoms with Gasteiger partial charge in [-0.05, 0) is 42.2 Å². The third-order valence-electron chi connectivity index (χ3n) is 5.48. The van der Waals surface area contributed by atoms with E-state index in [2.05, 4.69) is 19.2 Å². The van der Waals surface area contributed by atoms with Crippen LogP contribution in [0.4, 0.5) is 10.5 Å². The Bertz CT molecular complexity index is 908. The van der Waals surface area contributed by atoms with Gasteiger partial charge in [0.1, 0.15) is 6.04 Å². The van der Waals surface area contributed by atoms with Gasteiger partial charge in [0.2, 0.25) is 0 Å². The van der Waals surface area contributed by atoms with Gasteiger partial charge in [0.05, 0.1) is 11.7 Å². The molecule has 144 valence electrons. The molecule has 2 heterocycles. The largest absolute Gasteiger partial charge is 0.332 e. The lowest BCUT2D eigenvalue weighted by Crippen LogP contribution is -2.65. The second kappa shape index (κ2) is 7.11. The molecule has 0 spiro atoms. The van der Waals surface area contributed by atoms with Crippen molar-refractivity contribution in [2.45, 2.75) is 38.3 Å². The molecule has 2 aliphatic heterocycles. The zero-order valence-electron chi connectivity index (χ0n) is 16.0. The number of rotatable bonds is 3. The van der Waals surface area contributed by atoms with E-state index in [9.17, 15) is 14.4 Å². The Morgan fingerprint density at radius 3 is 2.36 bits per heavy atom. The Morgan fingerprint density at radius 2 is 1.71 bits per heavy atom. The number of imide groups is 1. The van der Waals surface area contributed by atoms with Gasteiger partial charge in [-0.2, -0.15) is 0 Å². The van der Waals surface area contributed by atoms with E-state index in [0.717, 1.165) is 10.5 Å². The molecule has 4 rings (SSSR count). The van der Waals surface area contributed by atoms with Crippen molar-refractivity contribution in [2.24, 2.45) is 0 Å². The van der Waals surface area contributed by atoms with Gasteiger partial charge in [-0.25, -0.2) is 9.69 Å². The first-order chi connectivity index (χ1) is 13.5. The minimum absolute atomic E-state index is 0.187. The molecule has 2 aromatic rings. The lowest BCUT2D eigenvalue weighted by molar-refractivity contribution is -0.122. The van der Waals surface area contributed by atoms with Crippen molar-refractivity contribution in [2.75, 3.05) is 11.4 Å². The Morgan fingerprint density at radius 1 is 1.04 bits per heavy atom. The highest BCUT2D eigenvalue weighted by molar-refractivity contribution is 6.19. The van der Waals surface area contributed by atoms with Gasteiger partial charge < -0.3 is 10.2 Å². The summed E-state index contributed by atoms with van der Waals surface area (Å²) in [7, 11) is 0. The van der Waals surface area contributed by atoms with E-state index in [1.165, 1.54) is 0 Å². The fourth-order valence-corrected chi connectivity index (χ4v) is 3.93. The Balaban J connectivity index is 1.62. The summed E-state index contributed by atoms with van der Waals surface area (Å²) in [4.78, 5) is 41.5. The normalized spacial score (nSPS) is 21.7. The van der Waals surface area contributed by atoms with Crippen LogP contribution >= 0.6 is 0 Å². The van der Waals surface area contributed by atoms with E-state index in [1.54, 1.807) is 41.3 Å². The molecule has 0 unspecified atom stereocenters. The molecule has 4 amide bonds. The van der Waals surface area contributed by atoms with Gasteiger partial charge in [-0.3, -0.25) is 9.59 Å². The molecule has 0 radical (unpaired) electrons. The molecule has 0 saturated carbocycles. The molecule has 2 atom stereocenters. The van der Waals surface area contributed by atoms with Gasteiger partial charge in [0, 0.05) is 12.1 Å². The summed E-state index contributed by atoms with van der Waals surface area (Å²) in [5, 5.41) is 2.90. The molecule has 2 saturated heterocycles. The zero-order valence-corrected chi connectivity index (χ0v) is 16.0. The number of nitrogens with one attached hydrogen (secondary N) is 1. The molecule has 6 nitrogen and oxygen atoms in total. The summed E-state index contributed by atoms with van der Waals surface area (Å²) >= 11 is 0. The molecule has 0 aromatic heterocycles. The average molecular weight is 377 g/mol. The maximum Gasteiger partial charge on any atom is 0.329 e. The quantitative estimate of drug-likeness (QED) is 0.893. The fraction of sp³-hybridized carbons (Fsp3) is 0.318. The fourth-order valence-electron chi connectivity index (χ4n) is 3.93. The van der Waals surface area contributed by atoms with Crippen LogP contribution in [-0.4, -0.2) is 41.4 Å². The molecule has 6 heteroatoms. The van der Waals surface area contributed by atoms with Crippen molar-refractivity contribution < 1.29 is 14.4 Å². The number of hydrogen-bond donors (Lipinski definition) is 1. The first-order valence-electron chi connectivity index (χ1n) is 9.58. The number of carbonyl (C=O) groups excluding carboxylic acids is 3. The van der Waals surface area contributed by atoms with Gasteiger partial charge in [0.25, 0.3) is 11.8 Å². The van der Waals surface area contributed by atoms with E-state index in [4.69, 9.17) is 0 Å². The third-order valence-corrected chi connectivity index (χ3v) is 5.48. The van der Waals surface area contributed by atoms with Crippen molar-refractivity contribution in [3.05, 3.63) is 65.7 Å². The van der Waals surface area contributed by atoms with Crippen molar-refractivity contribution in [3.8, 4) is 0 Å². The van der Waals surface area contributed by atoms with E-state index in [1.807, 2.05) is 18.2 Å². The second-order valence-corrected chi connectivity index (χ2v) is 7.57. The summed E-state index contributed by atoms with van der Waals surface area (Å²) in [5.41, 5.74) is 2.19. The number of urea groups is 1. The van der Waals surface area contributed by atoms with Gasteiger partial charge in [-0.1, -0.05) is 44.2 Å². The van der Waals surface area contributed by atoms with Crippen LogP contribution in [0.15, 0.2) is 54.6 Å². The number of nitrogens with zero attached hydrogens (tertiary/aromatic N) is 2. The number of carbonyl (C=O) groups is 3. The van der Waals surface area contributed by atoms with E-state index >= 15 is 0 Å². The lowest BCUT2D eigenvalue weighted by atomic mass is 10.0. The third kappa shape index (κ3) is 3.05. The predicted molar refractivity (Wildman–Crippen MR) is 106 cm³/mol. The van der Waals surface area contributed by atoms with E-state index in [0.29, 0.717) is 30.1 Å². The van der Waals surface area contributed by atoms with Gasteiger partial charge in [0.15, 0.2) is 0 Å². The molecular formula is C22H23N3O3. The highest BCUT2D eigenvalue weighted by atomic mass is 16.2. The number of hydrogen-bond acceptors (Lipinski definition) is 3. The van der Waals surface area contributed by atoms with Gasteiger partial charge in [-0.15, -0.1) is 0 Å². The monoisotopic (exact) mass is 377 g/mol. The molecular weight excluding hydrogens is 354 g/mol. The van der Waals surface area contributed by atoms with Crippen molar-refractivity contribution in [1.82, 2.24) is 10.2 Å². The van der Waals surface area contributed by atoms with Crippen LogP contribution in [0.5, 0.6) is 0 Å². The maximum absolute atomic E-state index is 13.3. The highest BCUT2D eigenvalue weighted by Gasteiger charge is 2.49. The van der Waals surface area contributed by atoms with Crippen LogP contribution < -0.4 is 10.2 Å². The molecule has 2 fully saturated rings. The van der Waals surface area contributed by atoms with E-state index in [-0.39, 0.29) is 17.9 Å². The highest BCUT2D eigenvalue weighted by Crippen LogP contribution is 2.29. The molecule has 2 aromatic carbocycles. The molecule has 28 heavy (non-hydrogen) atoms. The van der Waals surface area contributed by atoms with Crippen LogP contribution in [0.1, 0.15) is 42.1 Å². The van der Waals surface area contributed by atoms with E-state index < -0.39 is 12.1 Å². The van der Waals surface area contributed by atoms with Crippen molar-refractivity contribution in [1.29, 1.82) is 0 Å². The summed E-state index contributed by atoms with van der Waals surface area (Å²) < 4.78 is 0. The number of fused-ring (bicyclic) bond motifs is 1.